The van der Waals surface area contributed by atoms with Crippen LogP contribution in [-0.2, 0) is 11.2 Å². The summed E-state index contributed by atoms with van der Waals surface area (Å²) in [6, 6.07) is 0.499. The van der Waals surface area contributed by atoms with Crippen LogP contribution in [0.3, 0.4) is 0 Å². The van der Waals surface area contributed by atoms with E-state index in [1.165, 1.54) is 50.3 Å². The summed E-state index contributed by atoms with van der Waals surface area (Å²) in [5.41, 5.74) is 0. The Morgan fingerprint density at radius 2 is 2.14 bits per heavy atom. The van der Waals surface area contributed by atoms with Gasteiger partial charge in [0.1, 0.15) is 5.82 Å². The average molecular weight is 322 g/mol. The van der Waals surface area contributed by atoms with E-state index in [2.05, 4.69) is 27.0 Å². The Morgan fingerprint density at radius 3 is 3.00 bits per heavy atom. The number of aryl methyl sites for hydroxylation is 1. The Labute approximate surface area is 136 Å². The molecule has 1 amide bonds. The van der Waals surface area contributed by atoms with Gasteiger partial charge in [-0.15, -0.1) is 5.10 Å². The smallest absolute Gasteiger partial charge is 0.233 e. The number of hydrogen-bond donors (Lipinski definition) is 1. The van der Waals surface area contributed by atoms with E-state index in [1.54, 1.807) is 0 Å². The van der Waals surface area contributed by atoms with Crippen LogP contribution in [0.15, 0.2) is 5.16 Å². The predicted octanol–water partition coefficient (Wildman–Crippen LogP) is 3.03. The van der Waals surface area contributed by atoms with Gasteiger partial charge in [-0.25, -0.2) is 4.98 Å². The second kappa shape index (κ2) is 7.49. The van der Waals surface area contributed by atoms with Crippen LogP contribution in [0.4, 0.5) is 0 Å². The second-order valence-electron chi connectivity index (χ2n) is 6.44. The summed E-state index contributed by atoms with van der Waals surface area (Å²) in [6.45, 7) is 3.06. The summed E-state index contributed by atoms with van der Waals surface area (Å²) in [6.07, 6.45) is 9.56. The molecule has 2 fully saturated rings. The Bertz CT molecular complexity index is 502. The van der Waals surface area contributed by atoms with Crippen LogP contribution >= 0.6 is 11.8 Å². The highest BCUT2D eigenvalue weighted by molar-refractivity contribution is 7.99. The predicted molar refractivity (Wildman–Crippen MR) is 87.8 cm³/mol. The zero-order valence-electron chi connectivity index (χ0n) is 13.4. The van der Waals surface area contributed by atoms with Crippen molar-refractivity contribution in [3.8, 4) is 0 Å². The monoisotopic (exact) mass is 322 g/mol. The molecule has 1 aliphatic carbocycles. The van der Waals surface area contributed by atoms with E-state index in [4.69, 9.17) is 0 Å². The number of carbonyl (C=O) groups excluding carboxylic acids is 1. The number of hydrogen-bond acceptors (Lipinski definition) is 4. The number of piperidine rings is 1. The molecule has 0 radical (unpaired) electrons. The second-order valence-corrected chi connectivity index (χ2v) is 7.39. The van der Waals surface area contributed by atoms with E-state index in [9.17, 15) is 4.79 Å². The summed E-state index contributed by atoms with van der Waals surface area (Å²) in [7, 11) is 0. The summed E-state index contributed by atoms with van der Waals surface area (Å²) >= 11 is 1.46. The van der Waals surface area contributed by atoms with Crippen LogP contribution < -0.4 is 0 Å². The van der Waals surface area contributed by atoms with Gasteiger partial charge in [0.15, 0.2) is 0 Å². The highest BCUT2D eigenvalue weighted by atomic mass is 32.2. The third-order valence-corrected chi connectivity index (χ3v) is 5.72. The fraction of sp³-hybridized carbons (Fsp3) is 0.812. The highest BCUT2D eigenvalue weighted by Crippen LogP contribution is 2.35. The molecule has 0 spiro atoms. The first-order chi connectivity index (χ1) is 10.8. The number of fused-ring (bicyclic) bond motifs is 1. The minimum absolute atomic E-state index is 0.267. The maximum absolute atomic E-state index is 12.6. The Kier molecular flexibility index (Phi) is 5.39. The molecular formula is C16H26N4OS. The van der Waals surface area contributed by atoms with Crippen molar-refractivity contribution in [1.29, 1.82) is 0 Å². The van der Waals surface area contributed by atoms with Crippen LogP contribution in [0.2, 0.25) is 0 Å². The molecule has 1 N–H and O–H groups in total. The summed E-state index contributed by atoms with van der Waals surface area (Å²) < 4.78 is 0. The molecule has 6 heteroatoms. The zero-order chi connectivity index (χ0) is 15.4. The third kappa shape index (κ3) is 3.65. The van der Waals surface area contributed by atoms with Crippen molar-refractivity contribution >= 4 is 17.7 Å². The maximum Gasteiger partial charge on any atom is 0.233 e. The fourth-order valence-corrected chi connectivity index (χ4v) is 4.54. The van der Waals surface area contributed by atoms with Crippen LogP contribution in [0, 0.1) is 5.92 Å². The topological polar surface area (TPSA) is 61.9 Å². The van der Waals surface area contributed by atoms with E-state index >= 15 is 0 Å². The lowest BCUT2D eigenvalue weighted by Gasteiger charge is -2.44. The molecule has 1 aromatic heterocycles. The minimum Gasteiger partial charge on any atom is -0.339 e. The molecule has 2 heterocycles. The molecule has 1 saturated carbocycles. The number of likely N-dealkylation sites (tertiary alicyclic amines) is 1. The van der Waals surface area contributed by atoms with E-state index in [1.807, 2.05) is 0 Å². The number of rotatable bonds is 5. The number of H-pyrrole nitrogens is 1. The summed E-state index contributed by atoms with van der Waals surface area (Å²) in [5.74, 6) is 2.40. The minimum atomic E-state index is 0.267. The summed E-state index contributed by atoms with van der Waals surface area (Å²) in [4.78, 5) is 19.2. The van der Waals surface area contributed by atoms with Gasteiger partial charge in [0.25, 0.3) is 0 Å². The highest BCUT2D eigenvalue weighted by Gasteiger charge is 2.35. The number of aromatic amines is 1. The molecule has 5 nitrogen and oxygen atoms in total. The zero-order valence-corrected chi connectivity index (χ0v) is 14.2. The third-order valence-electron chi connectivity index (χ3n) is 4.89. The van der Waals surface area contributed by atoms with Gasteiger partial charge in [0, 0.05) is 19.0 Å². The maximum atomic E-state index is 12.6. The molecule has 2 atom stereocenters. The first-order valence-electron chi connectivity index (χ1n) is 8.61. The molecule has 1 saturated heterocycles. The first kappa shape index (κ1) is 15.8. The number of carbonyl (C=O) groups is 1. The standard InChI is InChI=1S/C16H26N4OS/c1-2-6-14-17-16(19-18-14)22-11-15(21)20-10-5-8-12-7-3-4-9-13(12)20/h12-13H,2-11H2,1H3,(H,17,18,19)/t12-,13+/m1/s1. The molecule has 3 rings (SSSR count). The number of nitrogens with zero attached hydrogens (tertiary/aromatic N) is 3. The molecule has 2 aliphatic rings. The molecule has 1 aliphatic heterocycles. The van der Waals surface area contributed by atoms with Gasteiger partial charge in [-0.3, -0.25) is 9.89 Å². The van der Waals surface area contributed by atoms with E-state index in [-0.39, 0.29) is 5.91 Å². The molecule has 0 bridgehead atoms. The van der Waals surface area contributed by atoms with Crippen molar-refractivity contribution in [2.75, 3.05) is 12.3 Å². The van der Waals surface area contributed by atoms with Crippen LogP contribution in [-0.4, -0.2) is 44.3 Å². The first-order valence-corrected chi connectivity index (χ1v) is 9.60. The van der Waals surface area contributed by atoms with Gasteiger partial charge in [-0.1, -0.05) is 31.5 Å². The van der Waals surface area contributed by atoms with Crippen molar-refractivity contribution in [2.45, 2.75) is 69.5 Å². The molecule has 122 valence electrons. The Balaban J connectivity index is 1.54. The number of nitrogens with one attached hydrogen (secondary N) is 1. The van der Waals surface area contributed by atoms with E-state index in [0.29, 0.717) is 17.0 Å². The number of aromatic nitrogens is 3. The van der Waals surface area contributed by atoms with Crippen molar-refractivity contribution in [3.05, 3.63) is 5.82 Å². The summed E-state index contributed by atoms with van der Waals surface area (Å²) in [5, 5.41) is 7.84. The van der Waals surface area contributed by atoms with Gasteiger partial charge in [-0.2, -0.15) is 0 Å². The number of amides is 1. The Morgan fingerprint density at radius 1 is 1.32 bits per heavy atom. The van der Waals surface area contributed by atoms with Gasteiger partial charge in [0.2, 0.25) is 11.1 Å². The van der Waals surface area contributed by atoms with Crippen LogP contribution in [0.1, 0.15) is 57.7 Å². The van der Waals surface area contributed by atoms with Gasteiger partial charge < -0.3 is 4.90 Å². The van der Waals surface area contributed by atoms with Crippen molar-refractivity contribution < 1.29 is 4.79 Å². The molecule has 22 heavy (non-hydrogen) atoms. The van der Waals surface area contributed by atoms with Gasteiger partial charge in [0.05, 0.1) is 5.75 Å². The van der Waals surface area contributed by atoms with Gasteiger partial charge in [-0.05, 0) is 38.0 Å². The van der Waals surface area contributed by atoms with E-state index in [0.717, 1.165) is 31.1 Å². The number of thioether (sulfide) groups is 1. The van der Waals surface area contributed by atoms with Crippen LogP contribution in [0.25, 0.3) is 0 Å². The SMILES string of the molecule is CCCc1nc(SCC(=O)N2CCC[C@H]3CCCC[C@@H]32)n[nH]1. The molecular weight excluding hydrogens is 296 g/mol. The average Bonchev–Trinajstić information content (AvgIpc) is 3.00. The Hall–Kier alpha value is -1.04. The van der Waals surface area contributed by atoms with Crippen molar-refractivity contribution in [1.82, 2.24) is 20.1 Å². The molecule has 0 aromatic carbocycles. The lowest BCUT2D eigenvalue weighted by molar-refractivity contribution is -0.134. The quantitative estimate of drug-likeness (QED) is 0.847. The largest absolute Gasteiger partial charge is 0.339 e. The lowest BCUT2D eigenvalue weighted by Crippen LogP contribution is -2.50. The van der Waals surface area contributed by atoms with Crippen molar-refractivity contribution in [3.63, 3.8) is 0 Å². The van der Waals surface area contributed by atoms with Crippen molar-refractivity contribution in [2.24, 2.45) is 5.92 Å². The van der Waals surface area contributed by atoms with Gasteiger partial charge >= 0.3 is 0 Å². The van der Waals surface area contributed by atoms with Crippen LogP contribution in [0.5, 0.6) is 0 Å². The lowest BCUT2D eigenvalue weighted by atomic mass is 9.78. The molecule has 1 aromatic rings. The van der Waals surface area contributed by atoms with E-state index < -0.39 is 0 Å². The normalized spacial score (nSPS) is 25.0. The fourth-order valence-electron chi connectivity index (χ4n) is 3.83. The molecule has 0 unspecified atom stereocenters.